The zero-order valence-corrected chi connectivity index (χ0v) is 10.9. The van der Waals surface area contributed by atoms with Gasteiger partial charge in [-0.1, -0.05) is 17.7 Å². The minimum Gasteiger partial charge on any atom is -0.508 e. The molecule has 0 aliphatic rings. The first-order chi connectivity index (χ1) is 8.52. The van der Waals surface area contributed by atoms with Crippen LogP contribution in [0.4, 0.5) is 0 Å². The summed E-state index contributed by atoms with van der Waals surface area (Å²) in [6.07, 6.45) is 5.74. The Balaban J connectivity index is 2.90. The van der Waals surface area contributed by atoms with Gasteiger partial charge in [-0.05, 0) is 49.6 Å². The molecule has 0 spiro atoms. The molecule has 0 amide bonds. The summed E-state index contributed by atoms with van der Waals surface area (Å²) in [5, 5.41) is 9.73. The van der Waals surface area contributed by atoms with E-state index in [-0.39, 0.29) is 5.75 Å². The lowest BCUT2D eigenvalue weighted by atomic mass is 10.1. The molecule has 0 aromatic heterocycles. The highest BCUT2D eigenvalue weighted by molar-refractivity contribution is 5.86. The molecule has 0 radical (unpaired) electrons. The Labute approximate surface area is 107 Å². The standard InChI is InChI=1S/C15H18O3/c1-11(2)4-7-13-10-12(5-8-14(13)16)6-9-15(17)18-3/h4-6,8-10,16H,7H2,1-3H3/b9-6+. The first-order valence-corrected chi connectivity index (χ1v) is 5.74. The van der Waals surface area contributed by atoms with Crippen molar-refractivity contribution < 1.29 is 14.6 Å². The average molecular weight is 246 g/mol. The van der Waals surface area contributed by atoms with Crippen molar-refractivity contribution in [3.05, 3.63) is 47.1 Å². The molecule has 0 fully saturated rings. The first-order valence-electron chi connectivity index (χ1n) is 5.74. The number of aromatic hydroxyl groups is 1. The molecular formula is C15H18O3. The van der Waals surface area contributed by atoms with Gasteiger partial charge in [0.1, 0.15) is 5.75 Å². The van der Waals surface area contributed by atoms with Crippen molar-refractivity contribution in [1.82, 2.24) is 0 Å². The summed E-state index contributed by atoms with van der Waals surface area (Å²) in [4.78, 5) is 11.0. The Morgan fingerprint density at radius 1 is 1.39 bits per heavy atom. The maximum atomic E-state index is 11.0. The van der Waals surface area contributed by atoms with E-state index < -0.39 is 5.97 Å². The molecule has 1 rings (SSSR count). The van der Waals surface area contributed by atoms with Gasteiger partial charge in [0.25, 0.3) is 0 Å². The van der Waals surface area contributed by atoms with Crippen LogP contribution in [-0.4, -0.2) is 18.2 Å². The number of phenols is 1. The van der Waals surface area contributed by atoms with E-state index in [2.05, 4.69) is 4.74 Å². The monoisotopic (exact) mass is 246 g/mol. The Bertz CT molecular complexity index is 481. The second-order valence-corrected chi connectivity index (χ2v) is 4.23. The first kappa shape index (κ1) is 14.0. The van der Waals surface area contributed by atoms with Gasteiger partial charge in [-0.25, -0.2) is 4.79 Å². The minimum absolute atomic E-state index is 0.266. The van der Waals surface area contributed by atoms with Crippen LogP contribution in [0.5, 0.6) is 5.75 Å². The Hall–Kier alpha value is -2.03. The lowest BCUT2D eigenvalue weighted by molar-refractivity contribution is -0.134. The van der Waals surface area contributed by atoms with Gasteiger partial charge < -0.3 is 9.84 Å². The number of methoxy groups -OCH3 is 1. The number of hydrogen-bond donors (Lipinski definition) is 1. The van der Waals surface area contributed by atoms with Crippen molar-refractivity contribution in [3.63, 3.8) is 0 Å². The average Bonchev–Trinajstić information content (AvgIpc) is 2.35. The number of carbonyl (C=O) groups is 1. The molecule has 18 heavy (non-hydrogen) atoms. The van der Waals surface area contributed by atoms with Gasteiger partial charge in [0, 0.05) is 6.08 Å². The van der Waals surface area contributed by atoms with Crippen molar-refractivity contribution in [2.24, 2.45) is 0 Å². The van der Waals surface area contributed by atoms with Gasteiger partial charge >= 0.3 is 5.97 Å². The third-order valence-electron chi connectivity index (χ3n) is 2.45. The van der Waals surface area contributed by atoms with E-state index in [1.165, 1.54) is 18.8 Å². The molecule has 0 unspecified atom stereocenters. The van der Waals surface area contributed by atoms with E-state index in [1.54, 1.807) is 18.2 Å². The summed E-state index contributed by atoms with van der Waals surface area (Å²) < 4.78 is 4.52. The van der Waals surface area contributed by atoms with Gasteiger partial charge in [-0.3, -0.25) is 0 Å². The summed E-state index contributed by atoms with van der Waals surface area (Å²) in [5.74, 6) is -0.128. The molecule has 96 valence electrons. The zero-order chi connectivity index (χ0) is 13.5. The second kappa shape index (κ2) is 6.64. The maximum Gasteiger partial charge on any atom is 0.330 e. The number of hydrogen-bond acceptors (Lipinski definition) is 3. The van der Waals surface area contributed by atoms with Gasteiger partial charge in [0.2, 0.25) is 0 Å². The highest BCUT2D eigenvalue weighted by Gasteiger charge is 2.00. The van der Waals surface area contributed by atoms with Gasteiger partial charge in [0.05, 0.1) is 7.11 Å². The van der Waals surface area contributed by atoms with Gasteiger partial charge in [-0.15, -0.1) is 0 Å². The number of esters is 1. The van der Waals surface area contributed by atoms with E-state index in [0.29, 0.717) is 6.42 Å². The fourth-order valence-corrected chi connectivity index (χ4v) is 1.42. The van der Waals surface area contributed by atoms with Crippen LogP contribution in [0.1, 0.15) is 25.0 Å². The lowest BCUT2D eigenvalue weighted by Gasteiger charge is -2.03. The van der Waals surface area contributed by atoms with Crippen LogP contribution in [0.3, 0.4) is 0 Å². The molecule has 3 heteroatoms. The van der Waals surface area contributed by atoms with Crippen LogP contribution in [-0.2, 0) is 16.0 Å². The molecule has 1 aromatic rings. The molecular weight excluding hydrogens is 228 g/mol. The van der Waals surface area contributed by atoms with E-state index in [9.17, 15) is 9.90 Å². The summed E-state index contributed by atoms with van der Waals surface area (Å²) in [5.41, 5.74) is 2.89. The normalized spacial score (nSPS) is 10.4. The van der Waals surface area contributed by atoms with E-state index in [1.807, 2.05) is 26.0 Å². The van der Waals surface area contributed by atoms with Crippen LogP contribution in [0.25, 0.3) is 6.08 Å². The summed E-state index contributed by atoms with van der Waals surface area (Å²) in [7, 11) is 1.34. The van der Waals surface area contributed by atoms with Crippen LogP contribution < -0.4 is 0 Å². The molecule has 0 bridgehead atoms. The van der Waals surface area contributed by atoms with Gasteiger partial charge in [0.15, 0.2) is 0 Å². The van der Waals surface area contributed by atoms with Crippen LogP contribution >= 0.6 is 0 Å². The van der Waals surface area contributed by atoms with Crippen molar-refractivity contribution in [3.8, 4) is 5.75 Å². The molecule has 1 aromatic carbocycles. The summed E-state index contributed by atoms with van der Waals surface area (Å²) >= 11 is 0. The van der Waals surface area contributed by atoms with Crippen molar-refractivity contribution in [1.29, 1.82) is 0 Å². The topological polar surface area (TPSA) is 46.5 Å². The Morgan fingerprint density at radius 3 is 2.72 bits per heavy atom. The Kier molecular flexibility index (Phi) is 5.18. The number of allylic oxidation sites excluding steroid dienone is 2. The minimum atomic E-state index is -0.395. The molecule has 0 saturated heterocycles. The predicted molar refractivity (Wildman–Crippen MR) is 72.3 cm³/mol. The molecule has 0 aliphatic carbocycles. The lowest BCUT2D eigenvalue weighted by Crippen LogP contribution is -1.93. The number of rotatable bonds is 4. The third-order valence-corrected chi connectivity index (χ3v) is 2.45. The second-order valence-electron chi connectivity index (χ2n) is 4.23. The smallest absolute Gasteiger partial charge is 0.330 e. The number of ether oxygens (including phenoxy) is 1. The molecule has 0 atom stereocenters. The molecule has 0 aliphatic heterocycles. The SMILES string of the molecule is COC(=O)/C=C/c1ccc(O)c(CC=C(C)C)c1. The van der Waals surface area contributed by atoms with Crippen LogP contribution in [0, 0.1) is 0 Å². The van der Waals surface area contributed by atoms with Crippen molar-refractivity contribution in [2.75, 3.05) is 7.11 Å². The maximum absolute atomic E-state index is 11.0. The van der Waals surface area contributed by atoms with Crippen molar-refractivity contribution in [2.45, 2.75) is 20.3 Å². The zero-order valence-electron chi connectivity index (χ0n) is 10.9. The highest BCUT2D eigenvalue weighted by Crippen LogP contribution is 2.20. The van der Waals surface area contributed by atoms with E-state index in [0.717, 1.165) is 11.1 Å². The molecule has 3 nitrogen and oxygen atoms in total. The van der Waals surface area contributed by atoms with Crippen molar-refractivity contribution >= 4 is 12.0 Å². The third kappa shape index (κ3) is 4.45. The van der Waals surface area contributed by atoms with E-state index in [4.69, 9.17) is 0 Å². The fraction of sp³-hybridized carbons (Fsp3) is 0.267. The van der Waals surface area contributed by atoms with E-state index >= 15 is 0 Å². The molecule has 0 heterocycles. The van der Waals surface area contributed by atoms with Crippen LogP contribution in [0.15, 0.2) is 35.9 Å². The number of phenolic OH excluding ortho intramolecular Hbond substituents is 1. The number of carbonyl (C=O) groups excluding carboxylic acids is 1. The van der Waals surface area contributed by atoms with Crippen LogP contribution in [0.2, 0.25) is 0 Å². The Morgan fingerprint density at radius 2 is 2.11 bits per heavy atom. The summed E-state index contributed by atoms with van der Waals surface area (Å²) in [6.45, 7) is 4.02. The predicted octanol–water partition coefficient (Wildman–Crippen LogP) is 3.09. The number of benzene rings is 1. The fourth-order valence-electron chi connectivity index (χ4n) is 1.42. The quantitative estimate of drug-likeness (QED) is 0.504. The molecule has 1 N–H and O–H groups in total. The molecule has 0 saturated carbocycles. The largest absolute Gasteiger partial charge is 0.508 e. The summed E-state index contributed by atoms with van der Waals surface area (Å²) in [6, 6.07) is 5.24. The highest BCUT2D eigenvalue weighted by atomic mass is 16.5. The van der Waals surface area contributed by atoms with Gasteiger partial charge in [-0.2, -0.15) is 0 Å².